The molecule has 0 N–H and O–H groups in total. The Labute approximate surface area is 202 Å². The molecule has 2 heteroatoms. The fourth-order valence-electron chi connectivity index (χ4n) is 4.63. The minimum Gasteiger partial charge on any atom is -0.299 e. The summed E-state index contributed by atoms with van der Waals surface area (Å²) in [7, 11) is 0. The molecule has 1 aromatic carbocycles. The van der Waals surface area contributed by atoms with Crippen molar-refractivity contribution in [3.8, 4) is 0 Å². The first-order valence-electron chi connectivity index (χ1n) is 14.3. The van der Waals surface area contributed by atoms with Crippen molar-refractivity contribution in [3.05, 3.63) is 35.4 Å². The fraction of sp³-hybridized carbons (Fsp3) is 0.800. The van der Waals surface area contributed by atoms with Gasteiger partial charge in [-0.25, -0.2) is 0 Å². The van der Waals surface area contributed by atoms with Gasteiger partial charge in [0.2, 0.25) is 0 Å². The maximum Gasteiger partial charge on any atom is 0.0233 e. The molecule has 0 aliphatic heterocycles. The van der Waals surface area contributed by atoms with Crippen LogP contribution in [0.15, 0.2) is 24.3 Å². The van der Waals surface area contributed by atoms with Gasteiger partial charge in [-0.2, -0.15) is 0 Å². The molecule has 2 nitrogen and oxygen atoms in total. The van der Waals surface area contributed by atoms with E-state index >= 15 is 0 Å². The van der Waals surface area contributed by atoms with E-state index in [0.717, 1.165) is 26.2 Å². The zero-order valence-electron chi connectivity index (χ0n) is 22.3. The molecule has 0 aliphatic rings. The third-order valence-electron chi connectivity index (χ3n) is 6.85. The Morgan fingerprint density at radius 3 is 1.25 bits per heavy atom. The fourth-order valence-corrected chi connectivity index (χ4v) is 4.63. The predicted octanol–water partition coefficient (Wildman–Crippen LogP) is 8.83. The van der Waals surface area contributed by atoms with Crippen LogP contribution in [0.2, 0.25) is 0 Å². The van der Waals surface area contributed by atoms with E-state index in [2.05, 4.69) is 61.8 Å². The SMILES string of the molecule is CCCCCCCCCN(CC)Cc1cccc(CN(CC)CCCCCCCCC)c1. The number of hydrogen-bond donors (Lipinski definition) is 0. The van der Waals surface area contributed by atoms with Gasteiger partial charge >= 0.3 is 0 Å². The minimum absolute atomic E-state index is 1.10. The largest absolute Gasteiger partial charge is 0.299 e. The second-order valence-corrected chi connectivity index (χ2v) is 9.80. The van der Waals surface area contributed by atoms with Crippen molar-refractivity contribution >= 4 is 0 Å². The summed E-state index contributed by atoms with van der Waals surface area (Å²) >= 11 is 0. The van der Waals surface area contributed by atoms with Crippen LogP contribution in [0.1, 0.15) is 129 Å². The highest BCUT2D eigenvalue weighted by Gasteiger charge is 2.07. The Kier molecular flexibility index (Phi) is 18.9. The molecule has 0 unspecified atom stereocenters. The highest BCUT2D eigenvalue weighted by atomic mass is 15.1. The average molecular weight is 445 g/mol. The third kappa shape index (κ3) is 15.1. The molecule has 0 aromatic heterocycles. The Bertz CT molecular complexity index is 484. The standard InChI is InChI=1S/C30H56N2/c1-5-9-11-13-15-17-19-24-31(7-3)27-29-22-21-23-30(26-29)28-32(8-4)25-20-18-16-14-12-10-6-2/h21-23,26H,5-20,24-25,27-28H2,1-4H3. The van der Waals surface area contributed by atoms with E-state index in [9.17, 15) is 0 Å². The van der Waals surface area contributed by atoms with Gasteiger partial charge in [-0.1, -0.05) is 129 Å². The van der Waals surface area contributed by atoms with E-state index < -0.39 is 0 Å². The number of hydrogen-bond acceptors (Lipinski definition) is 2. The lowest BCUT2D eigenvalue weighted by Crippen LogP contribution is -2.25. The molecule has 1 rings (SSSR count). The Morgan fingerprint density at radius 2 is 0.875 bits per heavy atom. The summed E-state index contributed by atoms with van der Waals surface area (Å²) in [5.74, 6) is 0. The van der Waals surface area contributed by atoms with Crippen LogP contribution in [-0.4, -0.2) is 36.0 Å². The third-order valence-corrected chi connectivity index (χ3v) is 6.85. The molecule has 186 valence electrons. The van der Waals surface area contributed by atoms with E-state index in [-0.39, 0.29) is 0 Å². The van der Waals surface area contributed by atoms with Crippen molar-refractivity contribution in [3.63, 3.8) is 0 Å². The van der Waals surface area contributed by atoms with E-state index in [0.29, 0.717) is 0 Å². The average Bonchev–Trinajstić information content (AvgIpc) is 2.81. The van der Waals surface area contributed by atoms with Crippen molar-refractivity contribution in [2.24, 2.45) is 0 Å². The van der Waals surface area contributed by atoms with E-state index in [1.807, 2.05) is 0 Å². The van der Waals surface area contributed by atoms with Crippen LogP contribution in [0.5, 0.6) is 0 Å². The molecule has 0 saturated carbocycles. The van der Waals surface area contributed by atoms with Gasteiger partial charge in [0, 0.05) is 13.1 Å². The molecule has 0 heterocycles. The Hall–Kier alpha value is -0.860. The van der Waals surface area contributed by atoms with E-state index in [1.54, 1.807) is 0 Å². The van der Waals surface area contributed by atoms with Gasteiger partial charge < -0.3 is 0 Å². The molecular weight excluding hydrogens is 388 g/mol. The van der Waals surface area contributed by atoms with Gasteiger partial charge in [-0.05, 0) is 50.1 Å². The smallest absolute Gasteiger partial charge is 0.0233 e. The molecule has 32 heavy (non-hydrogen) atoms. The molecule has 0 fully saturated rings. The maximum absolute atomic E-state index is 2.63. The van der Waals surface area contributed by atoms with Gasteiger partial charge in [0.15, 0.2) is 0 Å². The highest BCUT2D eigenvalue weighted by molar-refractivity contribution is 5.23. The summed E-state index contributed by atoms with van der Waals surface area (Å²) in [5.41, 5.74) is 2.97. The lowest BCUT2D eigenvalue weighted by atomic mass is 10.1. The first-order chi connectivity index (χ1) is 15.7. The van der Waals surface area contributed by atoms with Crippen LogP contribution < -0.4 is 0 Å². The first-order valence-corrected chi connectivity index (χ1v) is 14.3. The van der Waals surface area contributed by atoms with Gasteiger partial charge in [0.05, 0.1) is 0 Å². The monoisotopic (exact) mass is 444 g/mol. The molecule has 0 radical (unpaired) electrons. The molecule has 1 aromatic rings. The number of nitrogens with zero attached hydrogens (tertiary/aromatic N) is 2. The van der Waals surface area contributed by atoms with Crippen molar-refractivity contribution < 1.29 is 0 Å². The number of benzene rings is 1. The second-order valence-electron chi connectivity index (χ2n) is 9.80. The van der Waals surface area contributed by atoms with Crippen molar-refractivity contribution in [2.75, 3.05) is 26.2 Å². The maximum atomic E-state index is 2.63. The Balaban J connectivity index is 2.33. The minimum atomic E-state index is 1.10. The van der Waals surface area contributed by atoms with Crippen molar-refractivity contribution in [1.29, 1.82) is 0 Å². The molecule has 0 saturated heterocycles. The van der Waals surface area contributed by atoms with Crippen molar-refractivity contribution in [2.45, 2.75) is 131 Å². The summed E-state index contributed by atoms with van der Waals surface area (Å²) in [5, 5.41) is 0. The molecular formula is C30H56N2. The van der Waals surface area contributed by atoms with Gasteiger partial charge in [-0.3, -0.25) is 9.80 Å². The summed E-state index contributed by atoms with van der Waals surface area (Å²) < 4.78 is 0. The zero-order chi connectivity index (χ0) is 23.3. The number of unbranched alkanes of at least 4 members (excludes halogenated alkanes) is 12. The lowest BCUT2D eigenvalue weighted by molar-refractivity contribution is 0.268. The van der Waals surface area contributed by atoms with Crippen LogP contribution >= 0.6 is 0 Å². The zero-order valence-corrected chi connectivity index (χ0v) is 22.3. The normalized spacial score (nSPS) is 11.7. The summed E-state index contributed by atoms with van der Waals surface area (Å²) in [6.45, 7) is 16.2. The summed E-state index contributed by atoms with van der Waals surface area (Å²) in [6.07, 6.45) is 19.5. The van der Waals surface area contributed by atoms with Crippen LogP contribution in [0.4, 0.5) is 0 Å². The van der Waals surface area contributed by atoms with Crippen LogP contribution in [-0.2, 0) is 13.1 Å². The molecule has 0 spiro atoms. The van der Waals surface area contributed by atoms with Gasteiger partial charge in [-0.15, -0.1) is 0 Å². The summed E-state index contributed by atoms with van der Waals surface area (Å²) in [4.78, 5) is 5.25. The Morgan fingerprint density at radius 1 is 0.500 bits per heavy atom. The lowest BCUT2D eigenvalue weighted by Gasteiger charge is -2.23. The summed E-state index contributed by atoms with van der Waals surface area (Å²) in [6, 6.07) is 9.38. The molecule has 0 atom stereocenters. The van der Waals surface area contributed by atoms with Crippen LogP contribution in [0.25, 0.3) is 0 Å². The highest BCUT2D eigenvalue weighted by Crippen LogP contribution is 2.14. The predicted molar refractivity (Wildman–Crippen MR) is 144 cm³/mol. The topological polar surface area (TPSA) is 6.48 Å². The molecule has 0 amide bonds. The van der Waals surface area contributed by atoms with Crippen molar-refractivity contribution in [1.82, 2.24) is 9.80 Å². The van der Waals surface area contributed by atoms with Gasteiger partial charge in [0.1, 0.15) is 0 Å². The quantitative estimate of drug-likeness (QED) is 0.165. The number of rotatable bonds is 22. The molecule has 0 aliphatic carbocycles. The van der Waals surface area contributed by atoms with Gasteiger partial charge in [0.25, 0.3) is 0 Å². The first kappa shape index (κ1) is 29.2. The molecule has 0 bridgehead atoms. The van der Waals surface area contributed by atoms with E-state index in [4.69, 9.17) is 0 Å². The second kappa shape index (κ2) is 20.7. The van der Waals surface area contributed by atoms with Crippen LogP contribution in [0, 0.1) is 0 Å². The van der Waals surface area contributed by atoms with Crippen LogP contribution in [0.3, 0.4) is 0 Å². The van der Waals surface area contributed by atoms with E-state index in [1.165, 1.54) is 114 Å².